The summed E-state index contributed by atoms with van der Waals surface area (Å²) in [7, 11) is 1.62. The maximum absolute atomic E-state index is 12.6. The lowest BCUT2D eigenvalue weighted by Crippen LogP contribution is -3.00. The number of benzene rings is 3. The smallest absolute Gasteiger partial charge is 0.313 e. The Hall–Kier alpha value is -2.31. The first-order valence-corrected chi connectivity index (χ1v) is 13.1. The second-order valence-electron chi connectivity index (χ2n) is 9.95. The molecule has 3 aromatic rings. The van der Waals surface area contributed by atoms with E-state index in [9.17, 15) is 4.79 Å². The highest BCUT2D eigenvalue weighted by atomic mass is 35.5. The summed E-state index contributed by atoms with van der Waals surface area (Å²) in [5.41, 5.74) is 3.40. The van der Waals surface area contributed by atoms with Gasteiger partial charge >= 0.3 is 5.97 Å². The van der Waals surface area contributed by atoms with E-state index in [1.807, 2.05) is 37.3 Å². The molecular formula is C30H36Cl2NO4-. The molecule has 0 saturated carbocycles. The molecule has 0 spiro atoms. The lowest BCUT2D eigenvalue weighted by molar-refractivity contribution is -0.146. The van der Waals surface area contributed by atoms with Crippen molar-refractivity contribution in [2.75, 3.05) is 40.0 Å². The Morgan fingerprint density at radius 2 is 1.86 bits per heavy atom. The molecular weight excluding hydrogens is 509 g/mol. The number of hydrogen-bond donors (Lipinski definition) is 0. The first-order chi connectivity index (χ1) is 17.4. The van der Waals surface area contributed by atoms with Crippen LogP contribution in [0.2, 0.25) is 5.02 Å². The van der Waals surface area contributed by atoms with Gasteiger partial charge in [0.1, 0.15) is 12.4 Å². The predicted octanol–water partition coefficient (Wildman–Crippen LogP) is 3.42. The minimum Gasteiger partial charge on any atom is -1.00 e. The number of morpholine rings is 1. The molecule has 1 aliphatic rings. The van der Waals surface area contributed by atoms with E-state index in [2.05, 4.69) is 43.0 Å². The molecule has 1 fully saturated rings. The van der Waals surface area contributed by atoms with E-state index in [1.54, 1.807) is 7.11 Å². The number of ether oxygens (including phenoxy) is 3. The first kappa shape index (κ1) is 29.2. The van der Waals surface area contributed by atoms with Crippen LogP contribution in [-0.4, -0.2) is 50.8 Å². The second kappa shape index (κ2) is 13.5. The molecule has 1 saturated heterocycles. The average Bonchev–Trinajstić information content (AvgIpc) is 2.88. The van der Waals surface area contributed by atoms with Crippen LogP contribution in [0, 0.1) is 5.92 Å². The van der Waals surface area contributed by atoms with Gasteiger partial charge in [-0.05, 0) is 53.5 Å². The van der Waals surface area contributed by atoms with Crippen molar-refractivity contribution < 1.29 is 31.4 Å². The van der Waals surface area contributed by atoms with Gasteiger partial charge in [0, 0.05) is 25.0 Å². The molecule has 200 valence electrons. The van der Waals surface area contributed by atoms with Gasteiger partial charge in [-0.15, -0.1) is 0 Å². The number of halogens is 2. The van der Waals surface area contributed by atoms with Crippen molar-refractivity contribution in [2.45, 2.75) is 39.2 Å². The Morgan fingerprint density at radius 1 is 1.11 bits per heavy atom. The van der Waals surface area contributed by atoms with Crippen molar-refractivity contribution in [3.63, 3.8) is 0 Å². The Labute approximate surface area is 231 Å². The molecule has 7 heteroatoms. The van der Waals surface area contributed by atoms with Crippen LogP contribution in [0.25, 0.3) is 10.8 Å². The van der Waals surface area contributed by atoms with Crippen molar-refractivity contribution in [1.29, 1.82) is 0 Å². The monoisotopic (exact) mass is 544 g/mol. The van der Waals surface area contributed by atoms with Crippen LogP contribution in [0.1, 0.15) is 49.5 Å². The summed E-state index contributed by atoms with van der Waals surface area (Å²) < 4.78 is 17.0. The summed E-state index contributed by atoms with van der Waals surface area (Å²) in [5.74, 6) is 0.822. The molecule has 4 rings (SSSR count). The topological polar surface area (TPSA) is 48.0 Å². The molecule has 5 nitrogen and oxygen atoms in total. The number of hydrogen-bond acceptors (Lipinski definition) is 5. The minimum absolute atomic E-state index is 0. The van der Waals surface area contributed by atoms with Crippen molar-refractivity contribution in [1.82, 2.24) is 4.90 Å². The van der Waals surface area contributed by atoms with E-state index in [0.29, 0.717) is 36.4 Å². The Bertz CT molecular complexity index is 1180. The fourth-order valence-electron chi connectivity index (χ4n) is 4.71. The van der Waals surface area contributed by atoms with Gasteiger partial charge in [0.25, 0.3) is 0 Å². The molecule has 1 heterocycles. The third kappa shape index (κ3) is 7.38. The van der Waals surface area contributed by atoms with Crippen LogP contribution in [0.3, 0.4) is 0 Å². The van der Waals surface area contributed by atoms with Gasteiger partial charge in [-0.3, -0.25) is 9.69 Å². The normalized spacial score (nSPS) is 16.9. The fraction of sp³-hybridized carbons (Fsp3) is 0.433. The van der Waals surface area contributed by atoms with E-state index in [4.69, 9.17) is 25.8 Å². The summed E-state index contributed by atoms with van der Waals surface area (Å²) in [6.45, 7) is 9.58. The summed E-state index contributed by atoms with van der Waals surface area (Å²) in [6.07, 6.45) is 1.00. The summed E-state index contributed by atoms with van der Waals surface area (Å²) in [5, 5.41) is 2.64. The third-order valence-corrected chi connectivity index (χ3v) is 7.20. The van der Waals surface area contributed by atoms with Crippen molar-refractivity contribution in [3.8, 4) is 5.75 Å². The van der Waals surface area contributed by atoms with Crippen molar-refractivity contribution in [2.24, 2.45) is 5.92 Å². The van der Waals surface area contributed by atoms with Gasteiger partial charge in [0.05, 0.1) is 30.8 Å². The van der Waals surface area contributed by atoms with Crippen LogP contribution in [0.4, 0.5) is 0 Å². The molecule has 0 aromatic heterocycles. The maximum Gasteiger partial charge on any atom is 0.313 e. The zero-order chi connectivity index (χ0) is 25.7. The van der Waals surface area contributed by atoms with Gasteiger partial charge in [-0.2, -0.15) is 0 Å². The van der Waals surface area contributed by atoms with Crippen LogP contribution in [-0.2, 0) is 20.7 Å². The zero-order valence-electron chi connectivity index (χ0n) is 22.0. The molecule has 0 N–H and O–H groups in total. The highest BCUT2D eigenvalue weighted by Gasteiger charge is 2.23. The van der Waals surface area contributed by atoms with Gasteiger partial charge in [-0.1, -0.05) is 67.9 Å². The lowest BCUT2D eigenvalue weighted by Gasteiger charge is -2.33. The standard InChI is InChI=1S/C30H36ClNO4.ClH/c1-20(2)17-22-5-7-23(8-6-22)21(3)30(33)36-16-14-32-13-15-35-28(19-32)25-9-11-26-24(18-25)10-12-27(34-4)29(26)31;/h5-12,18,20-21,28H,13-17,19H2,1-4H3;1H/p-1. The molecule has 37 heavy (non-hydrogen) atoms. The van der Waals surface area contributed by atoms with Crippen molar-refractivity contribution >= 4 is 28.3 Å². The highest BCUT2D eigenvalue weighted by Crippen LogP contribution is 2.34. The molecule has 2 atom stereocenters. The summed E-state index contributed by atoms with van der Waals surface area (Å²) >= 11 is 6.47. The van der Waals surface area contributed by atoms with E-state index < -0.39 is 0 Å². The lowest BCUT2D eigenvalue weighted by atomic mass is 9.97. The molecule has 3 aromatic carbocycles. The first-order valence-electron chi connectivity index (χ1n) is 12.7. The Balaban J connectivity index is 0.00000380. The van der Waals surface area contributed by atoms with E-state index in [1.165, 1.54) is 5.56 Å². The third-order valence-electron chi connectivity index (χ3n) is 6.81. The number of methoxy groups -OCH3 is 1. The Morgan fingerprint density at radius 3 is 2.57 bits per heavy atom. The van der Waals surface area contributed by atoms with E-state index in [-0.39, 0.29) is 30.4 Å². The number of rotatable bonds is 9. The van der Waals surface area contributed by atoms with Crippen LogP contribution in [0.15, 0.2) is 54.6 Å². The second-order valence-corrected chi connectivity index (χ2v) is 10.3. The van der Waals surface area contributed by atoms with Crippen LogP contribution >= 0.6 is 11.6 Å². The number of nitrogens with zero attached hydrogens (tertiary/aromatic N) is 1. The van der Waals surface area contributed by atoms with Crippen LogP contribution < -0.4 is 17.1 Å². The number of carbonyl (C=O) groups is 1. The molecule has 0 bridgehead atoms. The molecule has 1 aliphatic heterocycles. The summed E-state index contributed by atoms with van der Waals surface area (Å²) in [4.78, 5) is 14.9. The average molecular weight is 546 g/mol. The minimum atomic E-state index is -0.279. The quantitative estimate of drug-likeness (QED) is 0.386. The van der Waals surface area contributed by atoms with Gasteiger partial charge in [0.15, 0.2) is 0 Å². The van der Waals surface area contributed by atoms with Gasteiger partial charge in [-0.25, -0.2) is 0 Å². The van der Waals surface area contributed by atoms with Gasteiger partial charge < -0.3 is 26.6 Å². The fourth-order valence-corrected chi connectivity index (χ4v) is 5.02. The van der Waals surface area contributed by atoms with Crippen LogP contribution in [0.5, 0.6) is 5.75 Å². The number of fused-ring (bicyclic) bond motifs is 1. The van der Waals surface area contributed by atoms with Gasteiger partial charge in [0.2, 0.25) is 0 Å². The molecule has 0 amide bonds. The summed E-state index contributed by atoms with van der Waals surface area (Å²) in [6, 6.07) is 18.4. The zero-order valence-corrected chi connectivity index (χ0v) is 23.5. The number of esters is 1. The molecule has 0 aliphatic carbocycles. The SMILES string of the molecule is COc1ccc2cc(C3CN(CCOC(=O)C(C)c4ccc(CC(C)C)cc4)CCO3)ccc2c1Cl.[Cl-]. The molecule has 0 radical (unpaired) electrons. The van der Waals surface area contributed by atoms with E-state index in [0.717, 1.165) is 41.4 Å². The predicted molar refractivity (Wildman–Crippen MR) is 145 cm³/mol. The van der Waals surface area contributed by atoms with E-state index >= 15 is 0 Å². The largest absolute Gasteiger partial charge is 1.00 e. The highest BCUT2D eigenvalue weighted by molar-refractivity contribution is 6.37. The van der Waals surface area contributed by atoms with Crippen molar-refractivity contribution in [3.05, 3.63) is 76.3 Å². The molecule has 2 unspecified atom stereocenters. The maximum atomic E-state index is 12.6. The number of carbonyl (C=O) groups excluding carboxylic acids is 1. The Kier molecular flexibility index (Phi) is 10.7.